The van der Waals surface area contributed by atoms with Gasteiger partial charge in [0.2, 0.25) is 0 Å². The maximum atomic E-state index is 5.74. The molecule has 0 aliphatic carbocycles. The summed E-state index contributed by atoms with van der Waals surface area (Å²) in [6.45, 7) is 4.31. The van der Waals surface area contributed by atoms with Gasteiger partial charge in [0.05, 0.1) is 18.2 Å². The molecule has 118 valence electrons. The third-order valence-corrected chi connectivity index (χ3v) is 3.74. The lowest BCUT2D eigenvalue weighted by Gasteiger charge is -2.14. The van der Waals surface area contributed by atoms with Gasteiger partial charge in [-0.15, -0.1) is 0 Å². The van der Waals surface area contributed by atoms with Crippen molar-refractivity contribution in [1.29, 1.82) is 0 Å². The Kier molecular flexibility index (Phi) is 6.68. The normalized spacial score (nSPS) is 10.5. The van der Waals surface area contributed by atoms with E-state index >= 15 is 0 Å². The highest BCUT2D eigenvalue weighted by atomic mass is 79.9. The largest absolute Gasteiger partial charge is 0.493 e. The Morgan fingerprint density at radius 1 is 1.14 bits per heavy atom. The molecule has 0 saturated carbocycles. The molecule has 0 radical (unpaired) electrons. The summed E-state index contributed by atoms with van der Waals surface area (Å²) in [6.07, 6.45) is 4.57. The summed E-state index contributed by atoms with van der Waals surface area (Å²) in [5, 5.41) is 3.41. The number of nitrogens with one attached hydrogen (secondary N) is 1. The molecule has 0 atom stereocenters. The molecule has 1 heterocycles. The summed E-state index contributed by atoms with van der Waals surface area (Å²) in [6, 6.07) is 8.08. The molecule has 0 fully saturated rings. The van der Waals surface area contributed by atoms with Crippen LogP contribution in [0.1, 0.15) is 24.5 Å². The number of aromatic nitrogens is 1. The number of ether oxygens (including phenoxy) is 2. The summed E-state index contributed by atoms with van der Waals surface area (Å²) < 4.78 is 12.1. The molecule has 1 N–H and O–H groups in total. The van der Waals surface area contributed by atoms with Gasteiger partial charge in [0.1, 0.15) is 0 Å². The van der Waals surface area contributed by atoms with E-state index < -0.39 is 0 Å². The number of hydrogen-bond acceptors (Lipinski definition) is 4. The third-order valence-electron chi connectivity index (χ3n) is 3.15. The number of methoxy groups -OCH3 is 1. The lowest BCUT2D eigenvalue weighted by atomic mass is 10.2. The second-order valence-electron chi connectivity index (χ2n) is 4.92. The first kappa shape index (κ1) is 16.8. The number of pyridine rings is 1. The lowest BCUT2D eigenvalue weighted by Crippen LogP contribution is -2.13. The van der Waals surface area contributed by atoms with Crippen molar-refractivity contribution in [3.63, 3.8) is 0 Å². The summed E-state index contributed by atoms with van der Waals surface area (Å²) in [5.41, 5.74) is 2.35. The standard InChI is InChI=1S/C17H21BrN2O2/c1-3-8-22-17-15(18)9-14(10-16(17)21-2)12-20-11-13-4-6-19-7-5-13/h4-7,9-10,20H,3,8,11-12H2,1-2H3. The molecule has 1 aromatic heterocycles. The highest BCUT2D eigenvalue weighted by molar-refractivity contribution is 9.10. The molecule has 0 bridgehead atoms. The van der Waals surface area contributed by atoms with Gasteiger partial charge in [0.15, 0.2) is 11.5 Å². The Morgan fingerprint density at radius 2 is 1.86 bits per heavy atom. The highest BCUT2D eigenvalue weighted by Gasteiger charge is 2.11. The monoisotopic (exact) mass is 364 g/mol. The maximum Gasteiger partial charge on any atom is 0.175 e. The van der Waals surface area contributed by atoms with Crippen molar-refractivity contribution in [2.75, 3.05) is 13.7 Å². The fraction of sp³-hybridized carbons (Fsp3) is 0.353. The summed E-state index contributed by atoms with van der Waals surface area (Å²) >= 11 is 3.56. The van der Waals surface area contributed by atoms with Crippen LogP contribution < -0.4 is 14.8 Å². The molecular formula is C17H21BrN2O2. The first-order valence-corrected chi connectivity index (χ1v) is 8.12. The molecule has 5 heteroatoms. The van der Waals surface area contributed by atoms with E-state index in [0.29, 0.717) is 6.61 Å². The number of hydrogen-bond donors (Lipinski definition) is 1. The molecule has 0 spiro atoms. The van der Waals surface area contributed by atoms with Crippen LogP contribution in [0.25, 0.3) is 0 Å². The van der Waals surface area contributed by atoms with Crippen LogP contribution in [0.15, 0.2) is 41.1 Å². The van der Waals surface area contributed by atoms with Crippen molar-refractivity contribution >= 4 is 15.9 Å². The molecule has 2 rings (SSSR count). The van der Waals surface area contributed by atoms with Crippen LogP contribution in [-0.2, 0) is 13.1 Å². The van der Waals surface area contributed by atoms with Gasteiger partial charge >= 0.3 is 0 Å². The summed E-state index contributed by atoms with van der Waals surface area (Å²) in [5.74, 6) is 1.52. The summed E-state index contributed by atoms with van der Waals surface area (Å²) in [4.78, 5) is 4.02. The van der Waals surface area contributed by atoms with E-state index in [1.54, 1.807) is 19.5 Å². The number of halogens is 1. The van der Waals surface area contributed by atoms with E-state index in [1.165, 1.54) is 5.56 Å². The van der Waals surface area contributed by atoms with Crippen LogP contribution in [0.5, 0.6) is 11.5 Å². The Hall–Kier alpha value is -1.59. The quantitative estimate of drug-likeness (QED) is 0.770. The first-order chi connectivity index (χ1) is 10.7. The molecular weight excluding hydrogens is 344 g/mol. The average Bonchev–Trinajstić information content (AvgIpc) is 2.54. The number of benzene rings is 1. The minimum Gasteiger partial charge on any atom is -0.493 e. The molecule has 22 heavy (non-hydrogen) atoms. The SMILES string of the molecule is CCCOc1c(Br)cc(CNCc2ccncc2)cc1OC. The smallest absolute Gasteiger partial charge is 0.175 e. The van der Waals surface area contributed by atoms with Crippen LogP contribution in [-0.4, -0.2) is 18.7 Å². The third kappa shape index (κ3) is 4.71. The van der Waals surface area contributed by atoms with Gasteiger partial charge < -0.3 is 14.8 Å². The van der Waals surface area contributed by atoms with Gasteiger partial charge in [-0.25, -0.2) is 0 Å². The van der Waals surface area contributed by atoms with Gasteiger partial charge in [-0.05, 0) is 57.7 Å². The molecule has 0 unspecified atom stereocenters. The van der Waals surface area contributed by atoms with Crippen molar-refractivity contribution in [1.82, 2.24) is 10.3 Å². The topological polar surface area (TPSA) is 43.4 Å². The molecule has 0 saturated heterocycles. The van der Waals surface area contributed by atoms with Crippen molar-refractivity contribution < 1.29 is 9.47 Å². The second kappa shape index (κ2) is 8.76. The van der Waals surface area contributed by atoms with Gasteiger partial charge in [-0.2, -0.15) is 0 Å². The lowest BCUT2D eigenvalue weighted by molar-refractivity contribution is 0.292. The van der Waals surface area contributed by atoms with Gasteiger partial charge in [0.25, 0.3) is 0 Å². The molecule has 2 aromatic rings. The predicted molar refractivity (Wildman–Crippen MR) is 91.3 cm³/mol. The zero-order chi connectivity index (χ0) is 15.8. The average molecular weight is 365 g/mol. The number of rotatable bonds is 8. The minimum absolute atomic E-state index is 0.675. The Bertz CT molecular complexity index is 591. The minimum atomic E-state index is 0.675. The summed E-state index contributed by atoms with van der Waals surface area (Å²) in [7, 11) is 1.66. The van der Waals surface area contributed by atoms with E-state index in [4.69, 9.17) is 9.47 Å². The molecule has 0 amide bonds. The van der Waals surface area contributed by atoms with E-state index in [9.17, 15) is 0 Å². The van der Waals surface area contributed by atoms with Crippen molar-refractivity contribution in [3.8, 4) is 11.5 Å². The van der Waals surface area contributed by atoms with Crippen LogP contribution in [0.3, 0.4) is 0 Å². The van der Waals surface area contributed by atoms with Crippen LogP contribution >= 0.6 is 15.9 Å². The van der Waals surface area contributed by atoms with Crippen molar-refractivity contribution in [2.45, 2.75) is 26.4 Å². The second-order valence-corrected chi connectivity index (χ2v) is 5.77. The predicted octanol–water partition coefficient (Wildman–Crippen LogP) is 3.93. The Labute approximate surface area is 140 Å². The van der Waals surface area contributed by atoms with Crippen molar-refractivity contribution in [3.05, 3.63) is 52.3 Å². The fourth-order valence-corrected chi connectivity index (χ4v) is 2.68. The van der Waals surface area contributed by atoms with E-state index in [0.717, 1.165) is 41.0 Å². The molecule has 0 aliphatic heterocycles. The van der Waals surface area contributed by atoms with Gasteiger partial charge in [0, 0.05) is 25.5 Å². The Morgan fingerprint density at radius 3 is 2.55 bits per heavy atom. The van der Waals surface area contributed by atoms with Gasteiger partial charge in [-0.1, -0.05) is 6.92 Å². The van der Waals surface area contributed by atoms with E-state index in [1.807, 2.05) is 18.2 Å². The zero-order valence-electron chi connectivity index (χ0n) is 12.9. The maximum absolute atomic E-state index is 5.74. The molecule has 4 nitrogen and oxygen atoms in total. The molecule has 0 aliphatic rings. The highest BCUT2D eigenvalue weighted by Crippen LogP contribution is 2.36. The zero-order valence-corrected chi connectivity index (χ0v) is 14.5. The van der Waals surface area contributed by atoms with Crippen LogP contribution in [0, 0.1) is 0 Å². The van der Waals surface area contributed by atoms with Crippen molar-refractivity contribution in [2.24, 2.45) is 0 Å². The van der Waals surface area contributed by atoms with E-state index in [-0.39, 0.29) is 0 Å². The van der Waals surface area contributed by atoms with Crippen LogP contribution in [0.2, 0.25) is 0 Å². The van der Waals surface area contributed by atoms with E-state index in [2.05, 4.69) is 39.2 Å². The van der Waals surface area contributed by atoms with Crippen LogP contribution in [0.4, 0.5) is 0 Å². The number of nitrogens with zero attached hydrogens (tertiary/aromatic N) is 1. The fourth-order valence-electron chi connectivity index (χ4n) is 2.07. The first-order valence-electron chi connectivity index (χ1n) is 7.33. The molecule has 1 aromatic carbocycles. The van der Waals surface area contributed by atoms with Gasteiger partial charge in [-0.3, -0.25) is 4.98 Å². The Balaban J connectivity index is 2.00.